The number of aryl methyl sites for hydroxylation is 1. The van der Waals surface area contributed by atoms with Crippen molar-refractivity contribution in [1.29, 1.82) is 0 Å². The summed E-state index contributed by atoms with van der Waals surface area (Å²) in [5.41, 5.74) is 2.02. The Bertz CT molecular complexity index is 948. The van der Waals surface area contributed by atoms with E-state index in [1.807, 2.05) is 6.92 Å². The molecule has 1 aliphatic carbocycles. The van der Waals surface area contributed by atoms with E-state index < -0.39 is 0 Å². The summed E-state index contributed by atoms with van der Waals surface area (Å²) in [5, 5.41) is 3.64. The van der Waals surface area contributed by atoms with Crippen molar-refractivity contribution in [2.24, 2.45) is 0 Å². The summed E-state index contributed by atoms with van der Waals surface area (Å²) in [6.07, 6.45) is 5.78. The Kier molecular flexibility index (Phi) is 5.01. The molecule has 0 radical (unpaired) electrons. The number of carbonyl (C=O) groups is 2. The fourth-order valence-corrected chi connectivity index (χ4v) is 5.56. The van der Waals surface area contributed by atoms with E-state index in [2.05, 4.69) is 20.1 Å². The molecule has 2 aliphatic heterocycles. The Hall–Kier alpha value is -2.41. The summed E-state index contributed by atoms with van der Waals surface area (Å²) >= 11 is 0. The standard InChI is InChI=1S/C23H29FN4O2/c1-14-5-7-19(24)18-12-20(26-22(14)18)23(30)25-15-3-2-4-16(11-15)27-9-10-28-17(13-27)6-8-21(28)29/h5,7,12,15-17,26H,2-4,6,8-11,13H2,1H3,(H,25,30)/t15-,16+,17+/m1/s1. The molecule has 2 saturated heterocycles. The minimum Gasteiger partial charge on any atom is -0.350 e. The van der Waals surface area contributed by atoms with Gasteiger partial charge in [-0.25, -0.2) is 4.39 Å². The van der Waals surface area contributed by atoms with E-state index in [-0.39, 0.29) is 17.8 Å². The molecule has 0 bridgehead atoms. The molecule has 2 amide bonds. The van der Waals surface area contributed by atoms with Gasteiger partial charge in [-0.05, 0) is 56.7 Å². The quantitative estimate of drug-likeness (QED) is 0.815. The molecule has 3 aliphatic rings. The van der Waals surface area contributed by atoms with Gasteiger partial charge in [0.15, 0.2) is 0 Å². The summed E-state index contributed by atoms with van der Waals surface area (Å²) in [5.74, 6) is -0.173. The van der Waals surface area contributed by atoms with E-state index in [0.717, 1.165) is 57.3 Å². The van der Waals surface area contributed by atoms with Crippen molar-refractivity contribution in [2.75, 3.05) is 19.6 Å². The van der Waals surface area contributed by atoms with Gasteiger partial charge in [0.2, 0.25) is 5.91 Å². The van der Waals surface area contributed by atoms with Gasteiger partial charge < -0.3 is 15.2 Å². The monoisotopic (exact) mass is 412 g/mol. The molecule has 5 rings (SSSR count). The molecule has 30 heavy (non-hydrogen) atoms. The lowest BCUT2D eigenvalue weighted by molar-refractivity contribution is -0.131. The average molecular weight is 413 g/mol. The molecule has 2 aromatic rings. The number of nitrogens with zero attached hydrogens (tertiary/aromatic N) is 2. The number of hydrogen-bond acceptors (Lipinski definition) is 3. The van der Waals surface area contributed by atoms with Crippen LogP contribution in [0.4, 0.5) is 4.39 Å². The van der Waals surface area contributed by atoms with Crippen LogP contribution in [0.15, 0.2) is 18.2 Å². The summed E-state index contributed by atoms with van der Waals surface area (Å²) in [6, 6.07) is 5.71. The lowest BCUT2D eigenvalue weighted by Gasteiger charge is -2.44. The van der Waals surface area contributed by atoms with Crippen LogP contribution in [0.25, 0.3) is 10.9 Å². The van der Waals surface area contributed by atoms with Gasteiger partial charge in [0.1, 0.15) is 11.5 Å². The van der Waals surface area contributed by atoms with Gasteiger partial charge in [0.25, 0.3) is 5.91 Å². The molecule has 0 spiro atoms. The Morgan fingerprint density at radius 3 is 2.90 bits per heavy atom. The number of aromatic nitrogens is 1. The Balaban J connectivity index is 1.23. The molecule has 160 valence electrons. The molecule has 3 fully saturated rings. The molecular weight excluding hydrogens is 383 g/mol. The van der Waals surface area contributed by atoms with Crippen molar-refractivity contribution in [3.8, 4) is 0 Å². The molecule has 1 saturated carbocycles. The van der Waals surface area contributed by atoms with Crippen molar-refractivity contribution >= 4 is 22.7 Å². The molecule has 3 heterocycles. The highest BCUT2D eigenvalue weighted by atomic mass is 19.1. The van der Waals surface area contributed by atoms with E-state index in [4.69, 9.17) is 0 Å². The van der Waals surface area contributed by atoms with Crippen molar-refractivity contribution in [3.05, 3.63) is 35.3 Å². The zero-order valence-corrected chi connectivity index (χ0v) is 17.4. The second-order valence-electron chi connectivity index (χ2n) is 9.10. The first-order valence-corrected chi connectivity index (χ1v) is 11.1. The van der Waals surface area contributed by atoms with Crippen molar-refractivity contribution in [3.63, 3.8) is 0 Å². The number of piperazine rings is 1. The van der Waals surface area contributed by atoms with Gasteiger partial charge >= 0.3 is 0 Å². The van der Waals surface area contributed by atoms with Crippen LogP contribution in [0.5, 0.6) is 0 Å². The SMILES string of the molecule is Cc1ccc(F)c2cc(C(=O)N[C@@H]3CCC[C@H](N4CCN5C(=O)CC[C@H]5C4)C3)[nH]c12. The van der Waals surface area contributed by atoms with Crippen molar-refractivity contribution in [2.45, 2.75) is 63.6 Å². The molecule has 1 aromatic heterocycles. The Morgan fingerprint density at radius 1 is 1.20 bits per heavy atom. The number of H-pyrrole nitrogens is 1. The highest BCUT2D eigenvalue weighted by Gasteiger charge is 2.38. The fourth-order valence-electron chi connectivity index (χ4n) is 5.56. The number of carbonyl (C=O) groups excluding carboxylic acids is 2. The molecule has 0 unspecified atom stereocenters. The number of nitrogens with one attached hydrogen (secondary N) is 2. The number of amides is 2. The van der Waals surface area contributed by atoms with E-state index in [1.165, 1.54) is 6.07 Å². The first-order valence-electron chi connectivity index (χ1n) is 11.1. The largest absolute Gasteiger partial charge is 0.350 e. The van der Waals surface area contributed by atoms with Gasteiger partial charge in [0.05, 0.1) is 5.52 Å². The lowest BCUT2D eigenvalue weighted by atomic mass is 9.89. The van der Waals surface area contributed by atoms with Gasteiger partial charge in [-0.3, -0.25) is 14.5 Å². The zero-order chi connectivity index (χ0) is 20.8. The normalized spacial score (nSPS) is 27.5. The molecule has 6 nitrogen and oxygen atoms in total. The Morgan fingerprint density at radius 2 is 2.07 bits per heavy atom. The van der Waals surface area contributed by atoms with E-state index in [1.54, 1.807) is 12.1 Å². The van der Waals surface area contributed by atoms with Gasteiger partial charge in [0, 0.05) is 49.6 Å². The fraction of sp³-hybridized carbons (Fsp3) is 0.565. The highest BCUT2D eigenvalue weighted by molar-refractivity contribution is 5.99. The first-order chi connectivity index (χ1) is 14.5. The maximum atomic E-state index is 14.1. The van der Waals surface area contributed by atoms with Gasteiger partial charge in [-0.1, -0.05) is 6.07 Å². The minimum absolute atomic E-state index is 0.122. The van der Waals surface area contributed by atoms with Gasteiger partial charge in [-0.2, -0.15) is 0 Å². The van der Waals surface area contributed by atoms with Crippen LogP contribution >= 0.6 is 0 Å². The van der Waals surface area contributed by atoms with Crippen LogP contribution < -0.4 is 5.32 Å². The van der Waals surface area contributed by atoms with Crippen LogP contribution in [0.1, 0.15) is 54.6 Å². The predicted molar refractivity (Wildman–Crippen MR) is 113 cm³/mol. The lowest BCUT2D eigenvalue weighted by Crippen LogP contribution is -2.56. The van der Waals surface area contributed by atoms with E-state index in [9.17, 15) is 14.0 Å². The molecular formula is C23H29FN4O2. The minimum atomic E-state index is -0.312. The van der Waals surface area contributed by atoms with E-state index in [0.29, 0.717) is 41.0 Å². The third-order valence-electron chi connectivity index (χ3n) is 7.22. The van der Waals surface area contributed by atoms with Crippen LogP contribution in [0.3, 0.4) is 0 Å². The maximum absolute atomic E-state index is 14.1. The molecule has 3 atom stereocenters. The second-order valence-corrected chi connectivity index (χ2v) is 9.10. The smallest absolute Gasteiger partial charge is 0.267 e. The van der Waals surface area contributed by atoms with E-state index >= 15 is 0 Å². The second kappa shape index (κ2) is 7.69. The van der Waals surface area contributed by atoms with Crippen molar-refractivity contribution < 1.29 is 14.0 Å². The number of fused-ring (bicyclic) bond motifs is 2. The van der Waals surface area contributed by atoms with Gasteiger partial charge in [-0.15, -0.1) is 0 Å². The first kappa shape index (κ1) is 19.5. The third kappa shape index (κ3) is 3.49. The molecule has 2 N–H and O–H groups in total. The summed E-state index contributed by atoms with van der Waals surface area (Å²) in [7, 11) is 0. The number of benzene rings is 1. The molecule has 7 heteroatoms. The van der Waals surface area contributed by atoms with Crippen LogP contribution in [0, 0.1) is 12.7 Å². The number of halogens is 1. The summed E-state index contributed by atoms with van der Waals surface area (Å²) < 4.78 is 14.1. The van der Waals surface area contributed by atoms with Crippen LogP contribution in [-0.4, -0.2) is 64.4 Å². The number of hydrogen-bond donors (Lipinski definition) is 2. The Labute approximate surface area is 175 Å². The average Bonchev–Trinajstić information content (AvgIpc) is 3.36. The molecule has 1 aromatic carbocycles. The van der Waals surface area contributed by atoms with Crippen molar-refractivity contribution in [1.82, 2.24) is 20.1 Å². The number of rotatable bonds is 3. The van der Waals surface area contributed by atoms with Crippen LogP contribution in [0.2, 0.25) is 0 Å². The topological polar surface area (TPSA) is 68.4 Å². The van der Waals surface area contributed by atoms with Crippen LogP contribution in [-0.2, 0) is 4.79 Å². The highest BCUT2D eigenvalue weighted by Crippen LogP contribution is 2.29. The maximum Gasteiger partial charge on any atom is 0.267 e. The third-order valence-corrected chi connectivity index (χ3v) is 7.22. The predicted octanol–water partition coefficient (Wildman–Crippen LogP) is 2.96. The number of aromatic amines is 1. The zero-order valence-electron chi connectivity index (χ0n) is 17.4. The summed E-state index contributed by atoms with van der Waals surface area (Å²) in [6.45, 7) is 4.62. The summed E-state index contributed by atoms with van der Waals surface area (Å²) in [4.78, 5) is 32.5.